The number of carbonyl (C=O) groups excluding carboxylic acids is 4. The smallest absolute Gasteiger partial charge is 0.306 e. The van der Waals surface area contributed by atoms with Crippen LogP contribution in [0, 0.1) is 79.8 Å². The van der Waals surface area contributed by atoms with Gasteiger partial charge in [-0.05, 0) is 123 Å². The highest BCUT2D eigenvalue weighted by molar-refractivity contribution is 6.00. The maximum absolute atomic E-state index is 12.9. The van der Waals surface area contributed by atoms with Crippen molar-refractivity contribution >= 4 is 23.5 Å². The second-order valence-corrected chi connectivity index (χ2v) is 21.2. The van der Waals surface area contributed by atoms with E-state index in [4.69, 9.17) is 15.2 Å². The van der Waals surface area contributed by atoms with Crippen LogP contribution >= 0.6 is 0 Å². The summed E-state index contributed by atoms with van der Waals surface area (Å²) >= 11 is 0. The number of hydrogen-bond donors (Lipinski definition) is 3. The number of aliphatic hydroxyl groups is 2. The minimum Gasteiger partial charge on any atom is -0.458 e. The lowest BCUT2D eigenvalue weighted by Crippen LogP contribution is -2.64. The van der Waals surface area contributed by atoms with Crippen molar-refractivity contribution in [2.75, 3.05) is 0 Å². The molecule has 300 valence electrons. The Morgan fingerprint density at radius 1 is 0.750 bits per heavy atom. The highest BCUT2D eigenvalue weighted by Gasteiger charge is 2.77. The van der Waals surface area contributed by atoms with Crippen LogP contribution in [0.25, 0.3) is 0 Å². The average Bonchev–Trinajstić information content (AvgIpc) is 3.93. The number of carbonyl (C=O) groups is 4. The van der Waals surface area contributed by atoms with E-state index in [9.17, 15) is 34.7 Å². The van der Waals surface area contributed by atoms with Crippen LogP contribution in [0.4, 0.5) is 0 Å². The molecule has 2 bridgehead atoms. The van der Waals surface area contributed by atoms with E-state index >= 15 is 0 Å². The Bertz CT molecular complexity index is 2000. The third-order valence-electron chi connectivity index (χ3n) is 19.6. The van der Waals surface area contributed by atoms with Crippen molar-refractivity contribution < 1.29 is 38.9 Å². The summed E-state index contributed by atoms with van der Waals surface area (Å²) in [4.78, 5) is 48.8. The van der Waals surface area contributed by atoms with Crippen LogP contribution in [0.2, 0.25) is 0 Å². The van der Waals surface area contributed by atoms with E-state index in [1.807, 2.05) is 0 Å². The molecule has 0 radical (unpaired) electrons. The zero-order valence-electron chi connectivity index (χ0n) is 33.4. The van der Waals surface area contributed by atoms with Gasteiger partial charge in [-0.3, -0.25) is 19.2 Å². The average molecular weight is 767 g/mol. The van der Waals surface area contributed by atoms with Crippen LogP contribution < -0.4 is 5.73 Å². The lowest BCUT2D eigenvalue weighted by atomic mass is 9.39. The topological polar surface area (TPSA) is 177 Å². The Hall–Kier alpha value is -3.29. The van der Waals surface area contributed by atoms with Gasteiger partial charge in [-0.1, -0.05) is 39.8 Å². The number of nitrogens with two attached hydrogens (primary N) is 1. The Balaban J connectivity index is 0.000000139. The fourth-order valence-electron chi connectivity index (χ4n) is 17.0. The van der Waals surface area contributed by atoms with Crippen LogP contribution in [0.5, 0.6) is 0 Å². The van der Waals surface area contributed by atoms with Crippen LogP contribution in [0.1, 0.15) is 124 Å². The number of fused-ring (bicyclic) bond motifs is 13. The number of Topliss-reactive ketones (excluding diaryl/α,β-unsaturated/α-hetero) is 1. The first-order valence-corrected chi connectivity index (χ1v) is 21.6. The van der Waals surface area contributed by atoms with Crippen LogP contribution in [0.3, 0.4) is 0 Å². The molecule has 6 saturated carbocycles. The van der Waals surface area contributed by atoms with Gasteiger partial charge in [0.15, 0.2) is 11.6 Å². The van der Waals surface area contributed by atoms with Crippen molar-refractivity contribution in [2.45, 2.75) is 147 Å². The van der Waals surface area contributed by atoms with Crippen LogP contribution in [-0.4, -0.2) is 57.1 Å². The second-order valence-electron chi connectivity index (χ2n) is 21.2. The van der Waals surface area contributed by atoms with Gasteiger partial charge in [0.25, 0.3) is 0 Å². The van der Waals surface area contributed by atoms with E-state index in [-0.39, 0.29) is 80.9 Å². The van der Waals surface area contributed by atoms with Crippen molar-refractivity contribution in [3.05, 3.63) is 35.1 Å². The van der Waals surface area contributed by atoms with E-state index in [0.717, 1.165) is 50.5 Å². The summed E-state index contributed by atoms with van der Waals surface area (Å²) in [6.45, 7) is 8.81. The molecule has 0 aromatic heterocycles. The predicted octanol–water partition coefficient (Wildman–Crippen LogP) is 5.94. The van der Waals surface area contributed by atoms with Gasteiger partial charge in [-0.2, -0.15) is 5.26 Å². The number of allylic oxidation sites excluding steroid dienone is 6. The monoisotopic (exact) mass is 766 g/mol. The van der Waals surface area contributed by atoms with Gasteiger partial charge in [-0.25, -0.2) is 0 Å². The molecule has 9 aliphatic carbocycles. The number of ether oxygens (including phenoxy) is 2. The number of ketones is 2. The molecule has 2 heterocycles. The molecule has 2 aliphatic heterocycles. The van der Waals surface area contributed by atoms with Gasteiger partial charge < -0.3 is 25.4 Å². The summed E-state index contributed by atoms with van der Waals surface area (Å²) < 4.78 is 11.9. The summed E-state index contributed by atoms with van der Waals surface area (Å²) in [6.07, 6.45) is 15.7. The first-order chi connectivity index (χ1) is 26.4. The van der Waals surface area contributed by atoms with Gasteiger partial charge >= 0.3 is 11.9 Å². The number of rotatable bonds is 0. The van der Waals surface area contributed by atoms with Gasteiger partial charge in [0.05, 0.1) is 23.7 Å². The molecule has 2 saturated heterocycles. The molecule has 10 heteroatoms. The molecule has 0 amide bonds. The molecule has 16 atom stereocenters. The first kappa shape index (κ1) is 37.0. The molecule has 10 nitrogen and oxygen atoms in total. The quantitative estimate of drug-likeness (QED) is 0.250. The fraction of sp³-hybridized carbons (Fsp3) is 0.761. The van der Waals surface area contributed by atoms with E-state index in [1.165, 1.54) is 0 Å². The fourth-order valence-corrected chi connectivity index (χ4v) is 17.0. The second kappa shape index (κ2) is 11.5. The predicted molar refractivity (Wildman–Crippen MR) is 202 cm³/mol. The number of nitriles is 1. The van der Waals surface area contributed by atoms with Gasteiger partial charge in [0, 0.05) is 59.6 Å². The highest BCUT2D eigenvalue weighted by Crippen LogP contribution is 2.77. The lowest BCUT2D eigenvalue weighted by molar-refractivity contribution is -0.209. The van der Waals surface area contributed by atoms with Crippen molar-refractivity contribution in [3.63, 3.8) is 0 Å². The van der Waals surface area contributed by atoms with Crippen molar-refractivity contribution in [2.24, 2.45) is 74.2 Å². The summed E-state index contributed by atoms with van der Waals surface area (Å²) in [7, 11) is 0. The summed E-state index contributed by atoms with van der Waals surface area (Å²) in [5.41, 5.74) is 6.15. The maximum atomic E-state index is 12.9. The van der Waals surface area contributed by atoms with Gasteiger partial charge in [0.2, 0.25) is 0 Å². The van der Waals surface area contributed by atoms with E-state index in [1.54, 1.807) is 6.08 Å². The Morgan fingerprint density at radius 2 is 1.36 bits per heavy atom. The molecule has 56 heavy (non-hydrogen) atoms. The molecule has 0 aromatic carbocycles. The van der Waals surface area contributed by atoms with Gasteiger partial charge in [-0.15, -0.1) is 0 Å². The third kappa shape index (κ3) is 4.20. The van der Waals surface area contributed by atoms with Gasteiger partial charge in [0.1, 0.15) is 11.2 Å². The Labute approximate surface area is 329 Å². The molecule has 8 unspecified atom stereocenters. The highest BCUT2D eigenvalue weighted by atomic mass is 16.6. The minimum absolute atomic E-state index is 0.0255. The molecular formula is C46H58N2O8. The third-order valence-corrected chi connectivity index (χ3v) is 19.6. The molecule has 11 rings (SSSR count). The largest absolute Gasteiger partial charge is 0.458 e. The molecule has 8 fully saturated rings. The number of hydrogen-bond acceptors (Lipinski definition) is 10. The van der Waals surface area contributed by atoms with Crippen molar-refractivity contribution in [3.8, 4) is 6.07 Å². The molecular weight excluding hydrogens is 709 g/mol. The molecule has 2 spiro atoms. The normalized spacial score (nSPS) is 54.3. The van der Waals surface area contributed by atoms with Crippen molar-refractivity contribution in [1.82, 2.24) is 0 Å². The summed E-state index contributed by atoms with van der Waals surface area (Å²) in [5, 5.41) is 33.3. The zero-order chi connectivity index (χ0) is 39.6. The molecule has 0 aromatic rings. The lowest BCUT2D eigenvalue weighted by Gasteiger charge is -2.64. The Kier molecular flexibility index (Phi) is 7.58. The van der Waals surface area contributed by atoms with Crippen LogP contribution in [-0.2, 0) is 28.7 Å². The number of nitrogens with zero attached hydrogens (tertiary/aromatic N) is 1. The Morgan fingerprint density at radius 3 is 1.96 bits per heavy atom. The summed E-state index contributed by atoms with van der Waals surface area (Å²) in [5.74, 6) is 1.16. The van der Waals surface area contributed by atoms with Crippen molar-refractivity contribution in [1.29, 1.82) is 5.26 Å². The first-order valence-electron chi connectivity index (χ1n) is 21.6. The summed E-state index contributed by atoms with van der Waals surface area (Å²) in [6, 6.07) is 2.55. The minimum atomic E-state index is -0.872. The number of aliphatic hydroxyl groups excluding tert-OH is 2. The van der Waals surface area contributed by atoms with E-state index < -0.39 is 28.6 Å². The maximum Gasteiger partial charge on any atom is 0.306 e. The zero-order valence-corrected chi connectivity index (χ0v) is 33.4. The molecule has 4 N–H and O–H groups in total. The standard InChI is InChI=1S/C24H30N2O4.C22H28O4/c1-21-6-4-14(27)19-20(26)12(9-23(19,21)11-25)17-13-3-7-24(8-5-16(29)30-24)22(13,2)10-15(28)18(17)21;1-20-8-5-14(23)11-13(20)3-4-15-16-6-9-22(10-7-18(25)26-22)21(16,2)12-17(24)19(15)20/h12-13,15,17-18,28H,3-10,26H2,1-2H3;3-4,11,15-17,19,24H,5-10,12H2,1-2H3/t12?,13?,15-,17?,18?,21-,22+,23?,24-;15?,16?,17-,19?,20+,21+,22-/m11/s1. The van der Waals surface area contributed by atoms with E-state index in [2.05, 4.69) is 45.9 Å². The molecule has 11 aliphatic rings. The SMILES string of the molecule is C[C@]12CCC(=O)C=C1C=CC1C2[C@H](O)C[C@@]2(C)C1CC[C@@]21CCC(=O)O1.C[C@]12C[C@@H](O)C3C(C4CC5(C#N)C(=C4N)C(=O)CC[C@]35C)C1CC[C@@]21CCC(=O)O1. The number of esters is 2. The van der Waals surface area contributed by atoms with E-state index in [0.29, 0.717) is 68.6 Å². The van der Waals surface area contributed by atoms with Crippen LogP contribution in [0.15, 0.2) is 35.1 Å².